The maximum absolute atomic E-state index is 14.0. The number of aliphatic hydroxyl groups excluding tert-OH is 1. The van der Waals surface area contributed by atoms with Crippen molar-refractivity contribution < 1.29 is 29.0 Å². The molecule has 1 aliphatic heterocycles. The van der Waals surface area contributed by atoms with E-state index in [0.717, 1.165) is 22.3 Å². The number of ether oxygens (including phenoxy) is 1. The first-order chi connectivity index (χ1) is 24.4. The van der Waals surface area contributed by atoms with Crippen molar-refractivity contribution in [2.45, 2.75) is 78.0 Å². The van der Waals surface area contributed by atoms with Crippen LogP contribution in [0, 0.1) is 25.7 Å². The standard InChI is InChI=1S/C40H49N3O6S2/c1-26(2)18-33(42-36(46)23-43-38(48)25-51-40(43)50)35(45)21-31(19-29-14-7-5-8-15-29)34(44)22-32(20-30-16-9-6-10-17-30)41-37(47)24-49-39-27(3)12-11-13-28(39)4/h5-17,26,31-34,44H,18-25H2,1-4H3,(H,41,47)(H,42,46)/t31-,32+,33+,34+/m1/s1. The molecule has 1 aliphatic rings. The van der Waals surface area contributed by atoms with Gasteiger partial charge in [0.05, 0.1) is 17.9 Å². The lowest BCUT2D eigenvalue weighted by atomic mass is 9.83. The first-order valence-corrected chi connectivity index (χ1v) is 18.8. The molecule has 0 aliphatic carbocycles. The average Bonchev–Trinajstić information content (AvgIpc) is 3.40. The molecule has 3 aromatic carbocycles. The van der Waals surface area contributed by atoms with Crippen LogP contribution >= 0.6 is 24.0 Å². The molecule has 1 saturated heterocycles. The molecule has 11 heteroatoms. The molecule has 0 saturated carbocycles. The Bertz CT molecular complexity index is 1620. The van der Waals surface area contributed by atoms with Crippen molar-refractivity contribution in [2.24, 2.45) is 11.8 Å². The summed E-state index contributed by atoms with van der Waals surface area (Å²) in [5.41, 5.74) is 3.83. The Kier molecular flexibility index (Phi) is 15.2. The topological polar surface area (TPSA) is 125 Å². The van der Waals surface area contributed by atoms with Crippen LogP contribution in [0.15, 0.2) is 78.9 Å². The summed E-state index contributed by atoms with van der Waals surface area (Å²) in [6, 6.07) is 24.0. The van der Waals surface area contributed by atoms with Crippen LogP contribution in [0.2, 0.25) is 0 Å². The summed E-state index contributed by atoms with van der Waals surface area (Å²) < 4.78 is 6.27. The second-order valence-corrected chi connectivity index (χ2v) is 15.3. The molecule has 3 N–H and O–H groups in total. The summed E-state index contributed by atoms with van der Waals surface area (Å²) in [6.45, 7) is 7.39. The third-order valence-electron chi connectivity index (χ3n) is 8.89. The fourth-order valence-corrected chi connectivity index (χ4v) is 7.40. The van der Waals surface area contributed by atoms with E-state index in [-0.39, 0.29) is 55.3 Å². The largest absolute Gasteiger partial charge is 0.483 e. The van der Waals surface area contributed by atoms with Crippen LogP contribution in [0.4, 0.5) is 0 Å². The van der Waals surface area contributed by atoms with Crippen LogP contribution in [-0.2, 0) is 32.0 Å². The molecule has 4 atom stereocenters. The summed E-state index contributed by atoms with van der Waals surface area (Å²) in [5, 5.41) is 17.8. The van der Waals surface area contributed by atoms with E-state index in [4.69, 9.17) is 17.0 Å². The molecule has 0 aromatic heterocycles. The predicted octanol–water partition coefficient (Wildman–Crippen LogP) is 5.37. The molecule has 1 heterocycles. The summed E-state index contributed by atoms with van der Waals surface area (Å²) in [4.78, 5) is 53.8. The van der Waals surface area contributed by atoms with Crippen LogP contribution in [-0.4, -0.2) is 74.9 Å². The molecule has 3 amide bonds. The summed E-state index contributed by atoms with van der Waals surface area (Å²) in [6.07, 6.45) is 0.536. The van der Waals surface area contributed by atoms with Gasteiger partial charge in [0.15, 0.2) is 12.4 Å². The van der Waals surface area contributed by atoms with Gasteiger partial charge in [0.25, 0.3) is 5.91 Å². The van der Waals surface area contributed by atoms with E-state index in [1.165, 1.54) is 16.7 Å². The highest BCUT2D eigenvalue weighted by atomic mass is 32.2. The van der Waals surface area contributed by atoms with E-state index in [2.05, 4.69) is 10.6 Å². The minimum absolute atomic E-state index is 0.00626. The summed E-state index contributed by atoms with van der Waals surface area (Å²) >= 11 is 6.44. The third-order valence-corrected chi connectivity index (χ3v) is 10.3. The SMILES string of the molecule is Cc1cccc(C)c1OCC(=O)N[C@@H](Cc1ccccc1)C[C@H](O)[C@@H](CC(=O)[C@H](CC(C)C)NC(=O)CN1C(=O)CSC1=S)Cc1ccccc1. The van der Waals surface area contributed by atoms with Gasteiger partial charge < -0.3 is 20.5 Å². The number of thiocarbonyl (C=S) groups is 1. The lowest BCUT2D eigenvalue weighted by Gasteiger charge is -2.29. The molecule has 0 radical (unpaired) electrons. The normalized spacial score (nSPS) is 15.3. The number of thioether (sulfide) groups is 1. The molecule has 0 spiro atoms. The number of nitrogens with zero attached hydrogens (tertiary/aromatic N) is 1. The Balaban J connectivity index is 1.50. The number of benzene rings is 3. The predicted molar refractivity (Wildman–Crippen MR) is 206 cm³/mol. The average molecular weight is 732 g/mol. The zero-order chi connectivity index (χ0) is 36.9. The van der Waals surface area contributed by atoms with Crippen molar-refractivity contribution in [3.63, 3.8) is 0 Å². The van der Waals surface area contributed by atoms with Crippen LogP contribution in [0.5, 0.6) is 5.75 Å². The van der Waals surface area contributed by atoms with Gasteiger partial charge in [-0.2, -0.15) is 0 Å². The van der Waals surface area contributed by atoms with Gasteiger partial charge in [0, 0.05) is 12.5 Å². The quantitative estimate of drug-likeness (QED) is 0.141. The number of para-hydroxylation sites is 1. The van der Waals surface area contributed by atoms with Gasteiger partial charge in [-0.15, -0.1) is 0 Å². The zero-order valence-corrected chi connectivity index (χ0v) is 31.4. The first-order valence-electron chi connectivity index (χ1n) is 17.4. The second-order valence-electron chi connectivity index (χ2n) is 13.7. The van der Waals surface area contributed by atoms with Crippen molar-refractivity contribution in [1.29, 1.82) is 0 Å². The third kappa shape index (κ3) is 12.6. The number of amides is 3. The van der Waals surface area contributed by atoms with Gasteiger partial charge in [-0.25, -0.2) is 0 Å². The zero-order valence-electron chi connectivity index (χ0n) is 29.8. The Labute approximate surface area is 310 Å². The first kappa shape index (κ1) is 39.7. The van der Waals surface area contributed by atoms with Crippen LogP contribution in [0.25, 0.3) is 0 Å². The maximum Gasteiger partial charge on any atom is 0.258 e. The molecular formula is C40H49N3O6S2. The molecular weight excluding hydrogens is 683 g/mol. The van der Waals surface area contributed by atoms with Gasteiger partial charge >= 0.3 is 0 Å². The number of hydrogen-bond acceptors (Lipinski definition) is 8. The number of nitrogens with one attached hydrogen (secondary N) is 2. The second kappa shape index (κ2) is 19.5. The Morgan fingerprint density at radius 2 is 1.47 bits per heavy atom. The highest BCUT2D eigenvalue weighted by molar-refractivity contribution is 8.23. The highest BCUT2D eigenvalue weighted by Gasteiger charge is 2.33. The Morgan fingerprint density at radius 1 is 0.863 bits per heavy atom. The monoisotopic (exact) mass is 731 g/mol. The smallest absolute Gasteiger partial charge is 0.258 e. The molecule has 9 nitrogen and oxygen atoms in total. The number of hydrogen-bond donors (Lipinski definition) is 3. The van der Waals surface area contributed by atoms with Crippen molar-refractivity contribution in [3.8, 4) is 5.75 Å². The van der Waals surface area contributed by atoms with Gasteiger partial charge in [-0.1, -0.05) is 117 Å². The molecule has 3 aromatic rings. The molecule has 0 bridgehead atoms. The van der Waals surface area contributed by atoms with Gasteiger partial charge in [0.1, 0.15) is 16.6 Å². The molecule has 272 valence electrons. The number of aryl methyl sites for hydroxylation is 2. The highest BCUT2D eigenvalue weighted by Crippen LogP contribution is 2.25. The number of rotatable bonds is 19. The van der Waals surface area contributed by atoms with Gasteiger partial charge in [-0.3, -0.25) is 24.1 Å². The fourth-order valence-electron chi connectivity index (χ4n) is 6.33. The minimum Gasteiger partial charge on any atom is -0.483 e. The minimum atomic E-state index is -0.963. The Morgan fingerprint density at radius 3 is 2.04 bits per heavy atom. The van der Waals surface area contributed by atoms with E-state index in [1.807, 2.05) is 107 Å². The van der Waals surface area contributed by atoms with E-state index in [1.54, 1.807) is 0 Å². The fraction of sp³-hybridized carbons (Fsp3) is 0.425. The van der Waals surface area contributed by atoms with Gasteiger partial charge in [0.2, 0.25) is 11.8 Å². The number of Topliss-reactive ketones (excluding diaryl/α,β-unsaturated/α-hetero) is 1. The van der Waals surface area contributed by atoms with Crippen molar-refractivity contribution >= 4 is 51.8 Å². The number of aliphatic hydroxyl groups is 1. The van der Waals surface area contributed by atoms with E-state index < -0.39 is 30.0 Å². The molecule has 51 heavy (non-hydrogen) atoms. The maximum atomic E-state index is 14.0. The Hall–Kier alpha value is -4.06. The van der Waals surface area contributed by atoms with Crippen molar-refractivity contribution in [1.82, 2.24) is 15.5 Å². The summed E-state index contributed by atoms with van der Waals surface area (Å²) in [5.74, 6) is -0.735. The number of carbonyl (C=O) groups is 4. The lowest BCUT2D eigenvalue weighted by molar-refractivity contribution is -0.132. The van der Waals surface area contributed by atoms with Crippen LogP contribution < -0.4 is 15.4 Å². The van der Waals surface area contributed by atoms with E-state index in [0.29, 0.717) is 29.3 Å². The van der Waals surface area contributed by atoms with Crippen LogP contribution in [0.3, 0.4) is 0 Å². The molecule has 1 fully saturated rings. The van der Waals surface area contributed by atoms with Crippen LogP contribution in [0.1, 0.15) is 55.4 Å². The summed E-state index contributed by atoms with van der Waals surface area (Å²) in [7, 11) is 0. The lowest BCUT2D eigenvalue weighted by Crippen LogP contribution is -2.48. The van der Waals surface area contributed by atoms with E-state index >= 15 is 0 Å². The number of carbonyl (C=O) groups excluding carboxylic acids is 4. The molecule has 4 rings (SSSR count). The number of ketones is 1. The van der Waals surface area contributed by atoms with Crippen molar-refractivity contribution in [3.05, 3.63) is 101 Å². The van der Waals surface area contributed by atoms with Crippen molar-refractivity contribution in [2.75, 3.05) is 18.9 Å². The van der Waals surface area contributed by atoms with E-state index in [9.17, 15) is 24.3 Å². The van der Waals surface area contributed by atoms with Gasteiger partial charge in [-0.05, 0) is 73.6 Å². The molecule has 0 unspecified atom stereocenters.